The summed E-state index contributed by atoms with van der Waals surface area (Å²) in [4.78, 5) is 26.4. The molecule has 0 bridgehead atoms. The van der Waals surface area contributed by atoms with Gasteiger partial charge in [0.15, 0.2) is 5.78 Å². The third kappa shape index (κ3) is 3.74. The van der Waals surface area contributed by atoms with E-state index >= 15 is 0 Å². The highest BCUT2D eigenvalue weighted by Crippen LogP contribution is 2.37. The van der Waals surface area contributed by atoms with E-state index in [0.29, 0.717) is 23.1 Å². The van der Waals surface area contributed by atoms with Crippen LogP contribution in [-0.2, 0) is 24.1 Å². The number of nitrogens with zero attached hydrogens (tertiary/aromatic N) is 2. The smallest absolute Gasteiger partial charge is 0.277 e. The number of nitrogens with one attached hydrogen (secondary N) is 1. The summed E-state index contributed by atoms with van der Waals surface area (Å²) in [6.45, 7) is 2.29. The number of anilines is 1. The molecule has 29 heavy (non-hydrogen) atoms. The van der Waals surface area contributed by atoms with Crippen LogP contribution in [-0.4, -0.2) is 27.6 Å². The topological polar surface area (TPSA) is 85.1 Å². The summed E-state index contributed by atoms with van der Waals surface area (Å²) < 4.78 is 5.79. The van der Waals surface area contributed by atoms with E-state index in [0.717, 1.165) is 34.9 Å². The molecule has 0 spiro atoms. The zero-order valence-corrected chi connectivity index (χ0v) is 17.5. The summed E-state index contributed by atoms with van der Waals surface area (Å²) in [6.07, 6.45) is 3.78. The lowest BCUT2D eigenvalue weighted by Gasteiger charge is -2.16. The van der Waals surface area contributed by atoms with Crippen LogP contribution in [0.25, 0.3) is 10.8 Å². The second-order valence-electron chi connectivity index (χ2n) is 7.59. The number of thiophene rings is 1. The molecule has 0 unspecified atom stereocenters. The van der Waals surface area contributed by atoms with Crippen molar-refractivity contribution in [1.82, 2.24) is 10.2 Å². The van der Waals surface area contributed by atoms with E-state index in [2.05, 4.69) is 28.5 Å². The molecule has 1 aromatic carbocycles. The van der Waals surface area contributed by atoms with Crippen molar-refractivity contribution in [3.63, 3.8) is 0 Å². The molecular weight excluding hydrogens is 406 g/mol. The van der Waals surface area contributed by atoms with Gasteiger partial charge in [-0.3, -0.25) is 9.59 Å². The fraction of sp³-hybridized carbons (Fsp3) is 0.333. The van der Waals surface area contributed by atoms with Crippen LogP contribution >= 0.6 is 23.1 Å². The summed E-state index contributed by atoms with van der Waals surface area (Å²) in [5, 5.41) is 11.4. The molecule has 8 heteroatoms. The molecule has 0 fully saturated rings. The first kappa shape index (κ1) is 18.6. The van der Waals surface area contributed by atoms with Crippen molar-refractivity contribution in [2.75, 3.05) is 11.1 Å². The minimum atomic E-state index is -0.0397. The fourth-order valence-electron chi connectivity index (χ4n) is 3.79. The molecule has 1 aliphatic heterocycles. The van der Waals surface area contributed by atoms with Crippen LogP contribution in [0.3, 0.4) is 0 Å². The number of carbonyl (C=O) groups excluding carboxylic acids is 2. The number of benzene rings is 1. The van der Waals surface area contributed by atoms with Gasteiger partial charge in [-0.15, -0.1) is 21.5 Å². The lowest BCUT2D eigenvalue weighted by Crippen LogP contribution is -2.07. The maximum absolute atomic E-state index is 12.5. The zero-order chi connectivity index (χ0) is 20.0. The molecule has 3 aromatic rings. The van der Waals surface area contributed by atoms with Gasteiger partial charge >= 0.3 is 0 Å². The molecule has 1 atom stereocenters. The van der Waals surface area contributed by atoms with Crippen molar-refractivity contribution in [3.05, 3.63) is 45.8 Å². The molecule has 1 amide bonds. The lowest BCUT2D eigenvalue weighted by molar-refractivity contribution is -0.115. The first-order valence-corrected chi connectivity index (χ1v) is 11.4. The van der Waals surface area contributed by atoms with Crippen LogP contribution in [0.1, 0.15) is 39.7 Å². The van der Waals surface area contributed by atoms with Crippen LogP contribution in [0.4, 0.5) is 5.69 Å². The third-order valence-corrected chi connectivity index (χ3v) is 7.37. The maximum Gasteiger partial charge on any atom is 0.277 e. The number of amides is 1. The van der Waals surface area contributed by atoms with Gasteiger partial charge in [0.25, 0.3) is 11.1 Å². The van der Waals surface area contributed by atoms with Gasteiger partial charge in [-0.05, 0) is 60.6 Å². The Morgan fingerprint density at radius 2 is 2.21 bits per heavy atom. The summed E-state index contributed by atoms with van der Waals surface area (Å²) in [5.74, 6) is 1.38. The van der Waals surface area contributed by atoms with Crippen molar-refractivity contribution < 1.29 is 14.0 Å². The minimum absolute atomic E-state index is 0.0301. The van der Waals surface area contributed by atoms with Gasteiger partial charge in [-0.2, -0.15) is 0 Å². The molecule has 0 saturated heterocycles. The molecule has 5 rings (SSSR count). The fourth-order valence-corrected chi connectivity index (χ4v) is 5.58. The van der Waals surface area contributed by atoms with E-state index in [-0.39, 0.29) is 17.4 Å². The number of ketones is 1. The number of carbonyl (C=O) groups is 2. The van der Waals surface area contributed by atoms with E-state index in [1.807, 2.05) is 0 Å². The van der Waals surface area contributed by atoms with E-state index in [1.54, 1.807) is 29.5 Å². The minimum Gasteiger partial charge on any atom is -0.410 e. The van der Waals surface area contributed by atoms with Gasteiger partial charge in [-0.25, -0.2) is 0 Å². The normalized spacial score (nSPS) is 17.7. The van der Waals surface area contributed by atoms with E-state index in [9.17, 15) is 9.59 Å². The van der Waals surface area contributed by atoms with Gasteiger partial charge in [0.2, 0.25) is 5.91 Å². The number of hydrogen-bond donors (Lipinski definition) is 1. The van der Waals surface area contributed by atoms with Crippen molar-refractivity contribution in [2.24, 2.45) is 5.92 Å². The number of Topliss-reactive ketones (excluding diaryl/α,β-unsaturated/α-hetero) is 1. The molecule has 0 saturated carbocycles. The molecule has 1 N–H and O–H groups in total. The Bertz CT molecular complexity index is 1120. The molecule has 1 aliphatic carbocycles. The lowest BCUT2D eigenvalue weighted by atomic mass is 9.90. The molecule has 2 aliphatic rings. The number of thioether (sulfide) groups is 1. The van der Waals surface area contributed by atoms with Crippen molar-refractivity contribution in [3.8, 4) is 10.8 Å². The van der Waals surface area contributed by atoms with E-state index in [1.165, 1.54) is 28.6 Å². The highest BCUT2D eigenvalue weighted by molar-refractivity contribution is 7.99. The van der Waals surface area contributed by atoms with Crippen LogP contribution in [0.15, 0.2) is 33.9 Å². The van der Waals surface area contributed by atoms with E-state index < -0.39 is 0 Å². The predicted octanol–water partition coefficient (Wildman–Crippen LogP) is 4.39. The first-order chi connectivity index (χ1) is 14.0. The quantitative estimate of drug-likeness (QED) is 0.482. The number of fused-ring (bicyclic) bond motifs is 2. The molecule has 0 radical (unpaired) electrons. The van der Waals surface area contributed by atoms with Crippen molar-refractivity contribution >= 4 is 40.5 Å². The largest absolute Gasteiger partial charge is 0.410 e. The second-order valence-corrected chi connectivity index (χ2v) is 9.65. The van der Waals surface area contributed by atoms with Crippen LogP contribution in [0.2, 0.25) is 0 Å². The maximum atomic E-state index is 12.5. The Hall–Kier alpha value is -2.45. The van der Waals surface area contributed by atoms with Crippen LogP contribution in [0, 0.1) is 5.92 Å². The summed E-state index contributed by atoms with van der Waals surface area (Å²) in [5.41, 5.74) is 3.64. The van der Waals surface area contributed by atoms with Gasteiger partial charge < -0.3 is 9.73 Å². The zero-order valence-electron chi connectivity index (χ0n) is 15.9. The average Bonchev–Trinajstić information content (AvgIpc) is 3.41. The monoisotopic (exact) mass is 425 g/mol. The molecular formula is C21H19N3O3S2. The van der Waals surface area contributed by atoms with E-state index in [4.69, 9.17) is 4.42 Å². The number of hydrogen-bond acceptors (Lipinski definition) is 7. The standard InChI is InChI=1S/C21H19N3O3S2/c1-11-2-5-17-14(6-11)8-18(29-17)20-23-24-21(27-20)28-10-16(25)12-3-4-15-13(7-12)9-19(26)22-15/h3-4,7-8,11H,2,5-6,9-10H2,1H3,(H,22,26)/t11-/m0/s1. The first-order valence-electron chi connectivity index (χ1n) is 9.59. The van der Waals surface area contributed by atoms with Crippen molar-refractivity contribution in [1.29, 1.82) is 0 Å². The summed E-state index contributed by atoms with van der Waals surface area (Å²) in [6, 6.07) is 7.47. The average molecular weight is 426 g/mol. The van der Waals surface area contributed by atoms with Gasteiger partial charge in [0.05, 0.1) is 17.1 Å². The summed E-state index contributed by atoms with van der Waals surface area (Å²) in [7, 11) is 0. The van der Waals surface area contributed by atoms with Crippen molar-refractivity contribution in [2.45, 2.75) is 37.8 Å². The molecule has 3 heterocycles. The Labute approximate surface area is 176 Å². The number of aromatic nitrogens is 2. The van der Waals surface area contributed by atoms with Crippen LogP contribution in [0.5, 0.6) is 0 Å². The Morgan fingerprint density at radius 1 is 1.31 bits per heavy atom. The molecule has 2 aromatic heterocycles. The van der Waals surface area contributed by atoms with Gasteiger partial charge in [-0.1, -0.05) is 18.7 Å². The Morgan fingerprint density at radius 3 is 3.10 bits per heavy atom. The SMILES string of the molecule is C[C@H]1CCc2sc(-c3nnc(SCC(=O)c4ccc5c(c4)CC(=O)N5)o3)cc2C1. The third-order valence-electron chi connectivity index (χ3n) is 5.33. The Kier molecular flexibility index (Phi) is 4.75. The Balaban J connectivity index is 1.25. The number of aryl methyl sites for hydroxylation is 1. The molecule has 148 valence electrons. The molecule has 6 nitrogen and oxygen atoms in total. The van der Waals surface area contributed by atoms with Gasteiger partial charge in [0.1, 0.15) is 0 Å². The number of rotatable bonds is 5. The highest BCUT2D eigenvalue weighted by Gasteiger charge is 2.22. The van der Waals surface area contributed by atoms with Crippen LogP contribution < -0.4 is 5.32 Å². The second kappa shape index (κ2) is 7.42. The summed E-state index contributed by atoms with van der Waals surface area (Å²) >= 11 is 2.97. The predicted molar refractivity (Wildman–Crippen MR) is 113 cm³/mol. The van der Waals surface area contributed by atoms with Gasteiger partial charge in [0, 0.05) is 16.1 Å². The highest BCUT2D eigenvalue weighted by atomic mass is 32.2.